The van der Waals surface area contributed by atoms with Crippen molar-refractivity contribution >= 4 is 11.9 Å². The second kappa shape index (κ2) is 5.66. The predicted octanol–water partition coefficient (Wildman–Crippen LogP) is 1.52. The van der Waals surface area contributed by atoms with Crippen molar-refractivity contribution in [1.82, 2.24) is 10.5 Å². The minimum atomic E-state index is -1.04. The molecule has 1 aromatic rings. The molecule has 1 rings (SSSR count). The molecule has 100 valence electrons. The highest BCUT2D eigenvalue weighted by Gasteiger charge is 2.25. The molecule has 0 radical (unpaired) electrons. The molecule has 6 nitrogen and oxygen atoms in total. The van der Waals surface area contributed by atoms with E-state index in [4.69, 9.17) is 9.63 Å². The third-order valence-electron chi connectivity index (χ3n) is 2.57. The van der Waals surface area contributed by atoms with Crippen molar-refractivity contribution in [3.63, 3.8) is 0 Å². The fourth-order valence-corrected chi connectivity index (χ4v) is 1.73. The number of carbonyl (C=O) groups excluding carboxylic acids is 1. The van der Waals surface area contributed by atoms with E-state index in [0.717, 1.165) is 0 Å². The van der Waals surface area contributed by atoms with Crippen molar-refractivity contribution in [2.24, 2.45) is 5.92 Å². The molecule has 0 saturated carbocycles. The number of carboxylic acids is 1. The van der Waals surface area contributed by atoms with Crippen LogP contribution in [0.2, 0.25) is 0 Å². The third kappa shape index (κ3) is 3.32. The molecule has 0 fully saturated rings. The number of aromatic nitrogens is 1. The lowest BCUT2D eigenvalue weighted by Crippen LogP contribution is -2.41. The van der Waals surface area contributed by atoms with Gasteiger partial charge in [-0.05, 0) is 26.2 Å². The molecule has 6 heteroatoms. The van der Waals surface area contributed by atoms with E-state index in [9.17, 15) is 9.59 Å². The van der Waals surface area contributed by atoms with E-state index in [1.54, 1.807) is 13.8 Å². The van der Waals surface area contributed by atoms with E-state index < -0.39 is 17.9 Å². The first-order valence-electron chi connectivity index (χ1n) is 5.79. The van der Waals surface area contributed by atoms with E-state index in [-0.39, 0.29) is 5.92 Å². The zero-order valence-electron chi connectivity index (χ0n) is 11.0. The molecule has 0 aromatic carbocycles. The van der Waals surface area contributed by atoms with Crippen LogP contribution in [0.4, 0.5) is 0 Å². The van der Waals surface area contributed by atoms with Gasteiger partial charge in [0, 0.05) is 0 Å². The van der Waals surface area contributed by atoms with Gasteiger partial charge in [-0.2, -0.15) is 0 Å². The zero-order valence-corrected chi connectivity index (χ0v) is 11.0. The molecule has 0 aliphatic rings. The quantitative estimate of drug-likeness (QED) is 0.831. The van der Waals surface area contributed by atoms with Gasteiger partial charge in [0.05, 0.1) is 5.69 Å². The molecule has 1 heterocycles. The summed E-state index contributed by atoms with van der Waals surface area (Å²) in [5.74, 6) is -0.933. The van der Waals surface area contributed by atoms with Gasteiger partial charge >= 0.3 is 5.97 Å². The van der Waals surface area contributed by atoms with Crippen LogP contribution in [0.25, 0.3) is 0 Å². The lowest BCUT2D eigenvalue weighted by atomic mass is 10.0. The van der Waals surface area contributed by atoms with E-state index in [2.05, 4.69) is 10.5 Å². The van der Waals surface area contributed by atoms with Crippen molar-refractivity contribution in [3.05, 3.63) is 17.0 Å². The van der Waals surface area contributed by atoms with Gasteiger partial charge in [0.1, 0.15) is 17.4 Å². The number of rotatable bonds is 5. The molecular weight excluding hydrogens is 236 g/mol. The summed E-state index contributed by atoms with van der Waals surface area (Å²) in [5, 5.41) is 15.2. The standard InChI is InChI=1S/C12H18N2O4/c1-6(2)5-9(12(16)17)13-11(15)10-7(3)14-18-8(10)4/h6,9H,5H2,1-4H3,(H,13,15)(H,16,17)/t9-/m1/s1. The fraction of sp³-hybridized carbons (Fsp3) is 0.583. The van der Waals surface area contributed by atoms with Crippen LogP contribution in [0.1, 0.15) is 42.1 Å². The van der Waals surface area contributed by atoms with Gasteiger partial charge in [-0.3, -0.25) is 4.79 Å². The summed E-state index contributed by atoms with van der Waals surface area (Å²) in [6.45, 7) is 7.06. The Morgan fingerprint density at radius 3 is 2.39 bits per heavy atom. The Labute approximate surface area is 105 Å². The second-order valence-electron chi connectivity index (χ2n) is 4.69. The SMILES string of the molecule is Cc1noc(C)c1C(=O)N[C@H](CC(C)C)C(=O)O. The van der Waals surface area contributed by atoms with Crippen LogP contribution in [0, 0.1) is 19.8 Å². The summed E-state index contributed by atoms with van der Waals surface area (Å²) in [6, 6.07) is -0.897. The van der Waals surface area contributed by atoms with Gasteiger partial charge < -0.3 is 14.9 Å². The molecule has 0 spiro atoms. The summed E-state index contributed by atoms with van der Waals surface area (Å²) in [7, 11) is 0. The van der Waals surface area contributed by atoms with Gasteiger partial charge in [0.15, 0.2) is 0 Å². The van der Waals surface area contributed by atoms with Crippen LogP contribution >= 0.6 is 0 Å². The van der Waals surface area contributed by atoms with Crippen LogP contribution in [-0.2, 0) is 4.79 Å². The van der Waals surface area contributed by atoms with Gasteiger partial charge in [0.2, 0.25) is 0 Å². The smallest absolute Gasteiger partial charge is 0.326 e. The Bertz CT molecular complexity index is 431. The Morgan fingerprint density at radius 1 is 1.39 bits per heavy atom. The minimum absolute atomic E-state index is 0.177. The maximum absolute atomic E-state index is 12.0. The number of hydrogen-bond donors (Lipinski definition) is 2. The third-order valence-corrected chi connectivity index (χ3v) is 2.57. The number of carboxylic acid groups (broad SMARTS) is 1. The Balaban J connectivity index is 2.82. The van der Waals surface area contributed by atoms with E-state index in [1.807, 2.05) is 13.8 Å². The van der Waals surface area contributed by atoms with Gasteiger partial charge in [-0.1, -0.05) is 19.0 Å². The summed E-state index contributed by atoms with van der Waals surface area (Å²) in [4.78, 5) is 23.0. The van der Waals surface area contributed by atoms with Crippen LogP contribution in [0.3, 0.4) is 0 Å². The average molecular weight is 254 g/mol. The highest BCUT2D eigenvalue weighted by atomic mass is 16.5. The van der Waals surface area contributed by atoms with E-state index in [1.165, 1.54) is 0 Å². The van der Waals surface area contributed by atoms with Gasteiger partial charge in [-0.15, -0.1) is 0 Å². The summed E-state index contributed by atoms with van der Waals surface area (Å²) in [5.41, 5.74) is 0.767. The van der Waals surface area contributed by atoms with Crippen molar-refractivity contribution in [1.29, 1.82) is 0 Å². The minimum Gasteiger partial charge on any atom is -0.480 e. The summed E-state index contributed by atoms with van der Waals surface area (Å²) < 4.78 is 4.88. The first-order valence-corrected chi connectivity index (χ1v) is 5.79. The molecule has 2 N–H and O–H groups in total. The van der Waals surface area contributed by atoms with Crippen molar-refractivity contribution in [2.45, 2.75) is 40.2 Å². The number of hydrogen-bond acceptors (Lipinski definition) is 4. The number of nitrogens with one attached hydrogen (secondary N) is 1. The topological polar surface area (TPSA) is 92.4 Å². The largest absolute Gasteiger partial charge is 0.480 e. The monoisotopic (exact) mass is 254 g/mol. The molecule has 0 saturated heterocycles. The highest BCUT2D eigenvalue weighted by molar-refractivity contribution is 5.98. The first-order chi connectivity index (χ1) is 8.32. The maximum Gasteiger partial charge on any atom is 0.326 e. The molecule has 0 aliphatic carbocycles. The van der Waals surface area contributed by atoms with Crippen LogP contribution < -0.4 is 5.32 Å². The predicted molar refractivity (Wildman–Crippen MR) is 64.3 cm³/mol. The molecule has 0 aliphatic heterocycles. The van der Waals surface area contributed by atoms with Crippen LogP contribution in [0.5, 0.6) is 0 Å². The zero-order chi connectivity index (χ0) is 13.9. The molecular formula is C12H18N2O4. The fourth-order valence-electron chi connectivity index (χ4n) is 1.73. The van der Waals surface area contributed by atoms with Crippen LogP contribution in [-0.4, -0.2) is 28.2 Å². The van der Waals surface area contributed by atoms with Crippen molar-refractivity contribution in [2.75, 3.05) is 0 Å². The van der Waals surface area contributed by atoms with E-state index in [0.29, 0.717) is 23.4 Å². The maximum atomic E-state index is 12.0. The molecule has 1 atom stereocenters. The molecule has 1 amide bonds. The highest BCUT2D eigenvalue weighted by Crippen LogP contribution is 2.13. The van der Waals surface area contributed by atoms with Crippen molar-refractivity contribution in [3.8, 4) is 0 Å². The van der Waals surface area contributed by atoms with Crippen LogP contribution in [0.15, 0.2) is 4.52 Å². The molecule has 0 bridgehead atoms. The summed E-state index contributed by atoms with van der Waals surface area (Å²) in [6.07, 6.45) is 0.379. The van der Waals surface area contributed by atoms with E-state index >= 15 is 0 Å². The van der Waals surface area contributed by atoms with Crippen molar-refractivity contribution < 1.29 is 19.2 Å². The number of carbonyl (C=O) groups is 2. The molecule has 0 unspecified atom stereocenters. The van der Waals surface area contributed by atoms with Gasteiger partial charge in [-0.25, -0.2) is 4.79 Å². The number of aliphatic carboxylic acids is 1. The Morgan fingerprint density at radius 2 is 2.00 bits per heavy atom. The molecule has 1 aromatic heterocycles. The Hall–Kier alpha value is -1.85. The Kier molecular flexibility index (Phi) is 4.47. The first kappa shape index (κ1) is 14.2. The number of amides is 1. The van der Waals surface area contributed by atoms with Gasteiger partial charge in [0.25, 0.3) is 5.91 Å². The molecule has 18 heavy (non-hydrogen) atoms. The number of aryl methyl sites for hydroxylation is 2. The lowest BCUT2D eigenvalue weighted by molar-refractivity contribution is -0.139. The number of nitrogens with zero attached hydrogens (tertiary/aromatic N) is 1. The second-order valence-corrected chi connectivity index (χ2v) is 4.69. The normalized spacial score (nSPS) is 12.5. The average Bonchev–Trinajstić information content (AvgIpc) is 2.56. The summed E-state index contributed by atoms with van der Waals surface area (Å²) >= 11 is 0. The lowest BCUT2D eigenvalue weighted by Gasteiger charge is -2.16.